The lowest BCUT2D eigenvalue weighted by Crippen LogP contribution is -2.36. The molecule has 5 heteroatoms. The molecule has 0 saturated heterocycles. The van der Waals surface area contributed by atoms with Crippen molar-refractivity contribution in [1.29, 1.82) is 0 Å². The third-order valence-corrected chi connectivity index (χ3v) is 3.72. The van der Waals surface area contributed by atoms with Crippen LogP contribution >= 0.6 is 27.5 Å². The lowest BCUT2D eigenvalue weighted by atomic mass is 10.1. The van der Waals surface area contributed by atoms with E-state index in [1.54, 1.807) is 0 Å². The molecule has 2 rings (SSSR count). The van der Waals surface area contributed by atoms with Gasteiger partial charge in [0.05, 0.1) is 12.6 Å². The van der Waals surface area contributed by atoms with E-state index in [1.165, 1.54) is 0 Å². The van der Waals surface area contributed by atoms with Crippen LogP contribution in [0, 0.1) is 0 Å². The van der Waals surface area contributed by atoms with Crippen molar-refractivity contribution in [2.45, 2.75) is 19.4 Å². The Hall–Kier alpha value is -0.740. The molecule has 1 atom stereocenters. The van der Waals surface area contributed by atoms with Crippen molar-refractivity contribution in [2.24, 2.45) is 10.7 Å². The average molecular weight is 317 g/mol. The molecule has 17 heavy (non-hydrogen) atoms. The van der Waals surface area contributed by atoms with E-state index in [9.17, 15) is 0 Å². The number of rotatable bonds is 3. The molecule has 92 valence electrons. The van der Waals surface area contributed by atoms with Crippen molar-refractivity contribution in [1.82, 2.24) is 4.90 Å². The van der Waals surface area contributed by atoms with E-state index in [0.29, 0.717) is 12.5 Å². The van der Waals surface area contributed by atoms with Gasteiger partial charge >= 0.3 is 0 Å². The Labute approximate surface area is 115 Å². The molecule has 0 radical (unpaired) electrons. The minimum atomic E-state index is 0.167. The van der Waals surface area contributed by atoms with Crippen LogP contribution in [0.1, 0.15) is 24.9 Å². The molecule has 0 aromatic heterocycles. The number of benzene rings is 1. The van der Waals surface area contributed by atoms with Crippen LogP contribution in [0.4, 0.5) is 0 Å². The summed E-state index contributed by atoms with van der Waals surface area (Å²) in [5.74, 6) is 0.618. The zero-order valence-corrected chi connectivity index (χ0v) is 12.0. The van der Waals surface area contributed by atoms with Gasteiger partial charge in [0.25, 0.3) is 0 Å². The van der Waals surface area contributed by atoms with Crippen molar-refractivity contribution in [2.75, 3.05) is 13.1 Å². The molecular weight excluding hydrogens is 302 g/mol. The largest absolute Gasteiger partial charge is 0.370 e. The summed E-state index contributed by atoms with van der Waals surface area (Å²) in [4.78, 5) is 6.43. The lowest BCUT2D eigenvalue weighted by molar-refractivity contribution is 0.347. The van der Waals surface area contributed by atoms with Gasteiger partial charge in [-0.1, -0.05) is 34.5 Å². The highest BCUT2D eigenvalue weighted by Crippen LogP contribution is 2.32. The van der Waals surface area contributed by atoms with Crippen LogP contribution in [0.3, 0.4) is 0 Å². The molecule has 1 aromatic carbocycles. The first kappa shape index (κ1) is 12.7. The Morgan fingerprint density at radius 3 is 3.06 bits per heavy atom. The molecular formula is C12H15BrClN3. The van der Waals surface area contributed by atoms with Crippen LogP contribution in [0.2, 0.25) is 5.02 Å². The van der Waals surface area contributed by atoms with Gasteiger partial charge in [0.1, 0.15) is 0 Å². The number of guanidine groups is 1. The zero-order chi connectivity index (χ0) is 12.4. The Kier molecular flexibility index (Phi) is 3.94. The second-order valence-corrected chi connectivity index (χ2v) is 5.40. The van der Waals surface area contributed by atoms with Crippen molar-refractivity contribution in [3.63, 3.8) is 0 Å². The first-order chi connectivity index (χ1) is 8.13. The summed E-state index contributed by atoms with van der Waals surface area (Å²) >= 11 is 9.72. The van der Waals surface area contributed by atoms with Crippen molar-refractivity contribution < 1.29 is 0 Å². The number of nitrogens with two attached hydrogens (primary N) is 1. The van der Waals surface area contributed by atoms with Crippen LogP contribution in [0.15, 0.2) is 27.7 Å². The second-order valence-electron chi connectivity index (χ2n) is 4.07. The topological polar surface area (TPSA) is 41.6 Å². The summed E-state index contributed by atoms with van der Waals surface area (Å²) in [6.45, 7) is 3.72. The molecule has 0 aliphatic carbocycles. The van der Waals surface area contributed by atoms with Crippen LogP contribution in [0.5, 0.6) is 0 Å². The standard InChI is InChI=1S/C12H15BrClN3/c1-2-5-17-11(7-16-12(17)15)9-6-8(13)3-4-10(9)14/h3-4,6,11H,2,5,7H2,1H3,(H2,15,16). The fourth-order valence-electron chi connectivity index (χ4n) is 2.08. The van der Waals surface area contributed by atoms with E-state index in [-0.39, 0.29) is 6.04 Å². The molecule has 0 amide bonds. The summed E-state index contributed by atoms with van der Waals surface area (Å²) in [6, 6.07) is 6.05. The quantitative estimate of drug-likeness (QED) is 0.930. The first-order valence-electron chi connectivity index (χ1n) is 5.65. The molecule has 3 nitrogen and oxygen atoms in total. The molecule has 1 unspecified atom stereocenters. The van der Waals surface area contributed by atoms with Gasteiger partial charge < -0.3 is 10.6 Å². The van der Waals surface area contributed by atoms with Gasteiger partial charge in [-0.2, -0.15) is 0 Å². The van der Waals surface area contributed by atoms with Gasteiger partial charge in [-0.3, -0.25) is 4.99 Å². The maximum atomic E-state index is 6.25. The maximum absolute atomic E-state index is 6.25. The molecule has 2 N–H and O–H groups in total. The highest BCUT2D eigenvalue weighted by molar-refractivity contribution is 9.10. The average Bonchev–Trinajstić information content (AvgIpc) is 2.65. The summed E-state index contributed by atoms with van der Waals surface area (Å²) in [7, 11) is 0. The smallest absolute Gasteiger partial charge is 0.191 e. The Bertz CT molecular complexity index is 447. The van der Waals surface area contributed by atoms with Crippen LogP contribution in [-0.2, 0) is 0 Å². The van der Waals surface area contributed by atoms with Crippen LogP contribution in [0.25, 0.3) is 0 Å². The van der Waals surface area contributed by atoms with Gasteiger partial charge in [-0.25, -0.2) is 0 Å². The number of halogens is 2. The number of hydrogen-bond donors (Lipinski definition) is 1. The van der Waals surface area contributed by atoms with E-state index in [0.717, 1.165) is 28.0 Å². The maximum Gasteiger partial charge on any atom is 0.191 e. The predicted octanol–water partition coefficient (Wildman–Crippen LogP) is 3.18. The van der Waals surface area contributed by atoms with E-state index >= 15 is 0 Å². The van der Waals surface area contributed by atoms with Crippen LogP contribution in [-0.4, -0.2) is 23.9 Å². The number of nitrogens with zero attached hydrogens (tertiary/aromatic N) is 2. The Balaban J connectivity index is 2.30. The normalized spacial score (nSPS) is 19.6. The van der Waals surface area contributed by atoms with E-state index in [1.807, 2.05) is 18.2 Å². The molecule has 1 aliphatic rings. The number of aliphatic imine (C=N–C) groups is 1. The van der Waals surface area contributed by atoms with Crippen molar-refractivity contribution >= 4 is 33.5 Å². The first-order valence-corrected chi connectivity index (χ1v) is 6.82. The minimum absolute atomic E-state index is 0.167. The zero-order valence-electron chi connectivity index (χ0n) is 9.66. The van der Waals surface area contributed by atoms with Crippen molar-refractivity contribution in [3.05, 3.63) is 33.3 Å². The van der Waals surface area contributed by atoms with Gasteiger partial charge in [-0.15, -0.1) is 0 Å². The predicted molar refractivity (Wildman–Crippen MR) is 75.4 cm³/mol. The fraction of sp³-hybridized carbons (Fsp3) is 0.417. The summed E-state index contributed by atoms with van der Waals surface area (Å²) in [6.07, 6.45) is 1.04. The lowest BCUT2D eigenvalue weighted by Gasteiger charge is -2.26. The van der Waals surface area contributed by atoms with E-state index in [4.69, 9.17) is 17.3 Å². The van der Waals surface area contributed by atoms with E-state index < -0.39 is 0 Å². The number of hydrogen-bond acceptors (Lipinski definition) is 3. The Morgan fingerprint density at radius 1 is 1.59 bits per heavy atom. The van der Waals surface area contributed by atoms with E-state index in [2.05, 4.69) is 32.7 Å². The third kappa shape index (κ3) is 2.58. The molecule has 1 heterocycles. The molecule has 1 aliphatic heterocycles. The molecule has 1 aromatic rings. The highest BCUT2D eigenvalue weighted by Gasteiger charge is 2.28. The van der Waals surface area contributed by atoms with Gasteiger partial charge in [-0.05, 0) is 30.2 Å². The third-order valence-electron chi connectivity index (χ3n) is 2.88. The second kappa shape index (κ2) is 5.27. The molecule has 0 fully saturated rings. The molecule has 0 bridgehead atoms. The SMILES string of the molecule is CCCN1C(N)=NCC1c1cc(Br)ccc1Cl. The molecule has 0 spiro atoms. The van der Waals surface area contributed by atoms with Gasteiger partial charge in [0.2, 0.25) is 0 Å². The van der Waals surface area contributed by atoms with Crippen molar-refractivity contribution in [3.8, 4) is 0 Å². The summed E-state index contributed by atoms with van der Waals surface area (Å²) in [5, 5.41) is 0.768. The minimum Gasteiger partial charge on any atom is -0.370 e. The fourth-order valence-corrected chi connectivity index (χ4v) is 2.70. The van der Waals surface area contributed by atoms with Crippen LogP contribution < -0.4 is 5.73 Å². The highest BCUT2D eigenvalue weighted by atomic mass is 79.9. The molecule has 0 saturated carbocycles. The summed E-state index contributed by atoms with van der Waals surface area (Å²) in [5.41, 5.74) is 6.98. The van der Waals surface area contributed by atoms with Gasteiger partial charge in [0, 0.05) is 16.0 Å². The Morgan fingerprint density at radius 2 is 2.35 bits per heavy atom. The van der Waals surface area contributed by atoms with Gasteiger partial charge in [0.15, 0.2) is 5.96 Å². The monoisotopic (exact) mass is 315 g/mol. The summed E-state index contributed by atoms with van der Waals surface area (Å²) < 4.78 is 1.03.